The molecule has 1 saturated heterocycles. The van der Waals surface area contributed by atoms with Crippen molar-refractivity contribution in [3.63, 3.8) is 0 Å². The molecule has 2 rings (SSSR count). The summed E-state index contributed by atoms with van der Waals surface area (Å²) in [5.41, 5.74) is 2.55. The molecule has 0 radical (unpaired) electrons. The summed E-state index contributed by atoms with van der Waals surface area (Å²) in [4.78, 5) is 2.12. The first-order valence-corrected chi connectivity index (χ1v) is 6.40. The van der Waals surface area contributed by atoms with Crippen LogP contribution in [0.15, 0.2) is 30.3 Å². The van der Waals surface area contributed by atoms with Crippen molar-refractivity contribution < 1.29 is 0 Å². The Bertz CT molecular complexity index is 359. The number of anilines is 1. The third-order valence-corrected chi connectivity index (χ3v) is 3.35. The van der Waals surface area contributed by atoms with E-state index in [0.717, 1.165) is 5.92 Å². The van der Waals surface area contributed by atoms with Gasteiger partial charge in [0.1, 0.15) is 0 Å². The fourth-order valence-electron chi connectivity index (χ4n) is 2.20. The SMILES string of the molecule is CN(C)c1ccc(/C=C/CC2CCNC2)cc1. The van der Waals surface area contributed by atoms with Crippen LogP contribution in [0.2, 0.25) is 0 Å². The predicted octanol–water partition coefficient (Wildman–Crippen LogP) is 2.77. The van der Waals surface area contributed by atoms with Gasteiger partial charge in [-0.25, -0.2) is 0 Å². The van der Waals surface area contributed by atoms with Gasteiger partial charge in [0.15, 0.2) is 0 Å². The Morgan fingerprint density at radius 3 is 2.65 bits per heavy atom. The van der Waals surface area contributed by atoms with E-state index >= 15 is 0 Å². The van der Waals surface area contributed by atoms with Crippen molar-refractivity contribution in [3.8, 4) is 0 Å². The number of benzene rings is 1. The molecule has 2 nitrogen and oxygen atoms in total. The van der Waals surface area contributed by atoms with Gasteiger partial charge in [0.2, 0.25) is 0 Å². The Hall–Kier alpha value is -1.28. The summed E-state index contributed by atoms with van der Waals surface area (Å²) < 4.78 is 0. The van der Waals surface area contributed by atoms with Crippen LogP contribution in [0.4, 0.5) is 5.69 Å². The highest BCUT2D eigenvalue weighted by molar-refractivity contribution is 5.55. The highest BCUT2D eigenvalue weighted by Crippen LogP contribution is 2.16. The summed E-state index contributed by atoms with van der Waals surface area (Å²) in [6.07, 6.45) is 7.06. The van der Waals surface area contributed by atoms with Crippen molar-refractivity contribution in [1.29, 1.82) is 0 Å². The zero-order chi connectivity index (χ0) is 12.1. The first kappa shape index (κ1) is 12.2. The molecule has 0 aliphatic carbocycles. The van der Waals surface area contributed by atoms with Crippen LogP contribution in [-0.2, 0) is 0 Å². The van der Waals surface area contributed by atoms with E-state index in [0.29, 0.717) is 0 Å². The number of allylic oxidation sites excluding steroid dienone is 1. The third-order valence-electron chi connectivity index (χ3n) is 3.35. The summed E-state index contributed by atoms with van der Waals surface area (Å²) in [5, 5.41) is 3.40. The highest BCUT2D eigenvalue weighted by atomic mass is 15.1. The minimum atomic E-state index is 0.840. The second-order valence-electron chi connectivity index (χ2n) is 4.98. The van der Waals surface area contributed by atoms with Crippen LogP contribution in [0, 0.1) is 5.92 Å². The summed E-state index contributed by atoms with van der Waals surface area (Å²) in [7, 11) is 4.13. The molecule has 92 valence electrons. The Morgan fingerprint density at radius 2 is 2.06 bits per heavy atom. The summed E-state index contributed by atoms with van der Waals surface area (Å²) in [6.45, 7) is 2.37. The van der Waals surface area contributed by atoms with Crippen molar-refractivity contribution >= 4 is 11.8 Å². The summed E-state index contributed by atoms with van der Waals surface area (Å²) >= 11 is 0. The lowest BCUT2D eigenvalue weighted by Crippen LogP contribution is -2.08. The first-order valence-electron chi connectivity index (χ1n) is 6.40. The molecular weight excluding hydrogens is 208 g/mol. The van der Waals surface area contributed by atoms with Crippen molar-refractivity contribution in [2.45, 2.75) is 12.8 Å². The van der Waals surface area contributed by atoms with Gasteiger partial charge in [0, 0.05) is 19.8 Å². The van der Waals surface area contributed by atoms with Gasteiger partial charge in [0.25, 0.3) is 0 Å². The lowest BCUT2D eigenvalue weighted by Gasteiger charge is -2.11. The number of nitrogens with zero attached hydrogens (tertiary/aromatic N) is 1. The first-order chi connectivity index (χ1) is 8.25. The van der Waals surface area contributed by atoms with Gasteiger partial charge in [-0.2, -0.15) is 0 Å². The molecule has 1 fully saturated rings. The molecular formula is C15H22N2. The van der Waals surface area contributed by atoms with Crippen molar-refractivity contribution in [2.75, 3.05) is 32.1 Å². The standard InChI is InChI=1S/C15H22N2/c1-17(2)15-8-6-13(7-9-15)4-3-5-14-10-11-16-12-14/h3-4,6-9,14,16H,5,10-12H2,1-2H3/b4-3+. The van der Waals surface area contributed by atoms with E-state index in [4.69, 9.17) is 0 Å². The Morgan fingerprint density at radius 1 is 1.29 bits per heavy atom. The van der Waals surface area contributed by atoms with E-state index < -0.39 is 0 Å². The molecule has 2 heteroatoms. The molecule has 0 aromatic heterocycles. The smallest absolute Gasteiger partial charge is 0.0361 e. The maximum Gasteiger partial charge on any atom is 0.0361 e. The molecule has 0 amide bonds. The largest absolute Gasteiger partial charge is 0.378 e. The molecule has 1 heterocycles. The monoisotopic (exact) mass is 230 g/mol. The second-order valence-corrected chi connectivity index (χ2v) is 4.98. The molecule has 1 atom stereocenters. The van der Waals surface area contributed by atoms with Gasteiger partial charge in [-0.1, -0.05) is 24.3 Å². The Balaban J connectivity index is 1.87. The second kappa shape index (κ2) is 5.87. The topological polar surface area (TPSA) is 15.3 Å². The number of hydrogen-bond acceptors (Lipinski definition) is 2. The quantitative estimate of drug-likeness (QED) is 0.855. The van der Waals surface area contributed by atoms with Crippen LogP contribution in [0.25, 0.3) is 6.08 Å². The number of rotatable bonds is 4. The van der Waals surface area contributed by atoms with Gasteiger partial charge in [0.05, 0.1) is 0 Å². The number of nitrogens with one attached hydrogen (secondary N) is 1. The maximum atomic E-state index is 3.40. The van der Waals surface area contributed by atoms with Crippen LogP contribution in [-0.4, -0.2) is 27.2 Å². The minimum Gasteiger partial charge on any atom is -0.378 e. The third kappa shape index (κ3) is 3.60. The van der Waals surface area contributed by atoms with Crippen molar-refractivity contribution in [2.24, 2.45) is 5.92 Å². The van der Waals surface area contributed by atoms with E-state index in [1.807, 2.05) is 0 Å². The summed E-state index contributed by atoms with van der Waals surface area (Å²) in [6, 6.07) is 8.69. The maximum absolute atomic E-state index is 3.40. The van der Waals surface area contributed by atoms with Gasteiger partial charge in [-0.05, 0) is 49.5 Å². The minimum absolute atomic E-state index is 0.840. The predicted molar refractivity (Wildman–Crippen MR) is 75.4 cm³/mol. The van der Waals surface area contributed by atoms with E-state index in [1.54, 1.807) is 0 Å². The fourth-order valence-corrected chi connectivity index (χ4v) is 2.20. The van der Waals surface area contributed by atoms with Crippen molar-refractivity contribution in [1.82, 2.24) is 5.32 Å². The molecule has 0 spiro atoms. The van der Waals surface area contributed by atoms with Crippen LogP contribution < -0.4 is 10.2 Å². The molecule has 1 N–H and O–H groups in total. The molecule has 1 aliphatic heterocycles. The lowest BCUT2D eigenvalue weighted by molar-refractivity contribution is 0.594. The van der Waals surface area contributed by atoms with Gasteiger partial charge >= 0.3 is 0 Å². The molecule has 1 unspecified atom stereocenters. The zero-order valence-electron chi connectivity index (χ0n) is 10.8. The van der Waals surface area contributed by atoms with Crippen LogP contribution in [0.1, 0.15) is 18.4 Å². The fraction of sp³-hybridized carbons (Fsp3) is 0.467. The lowest BCUT2D eigenvalue weighted by atomic mass is 10.0. The van der Waals surface area contributed by atoms with E-state index in [9.17, 15) is 0 Å². The van der Waals surface area contributed by atoms with Gasteiger partial charge in [-0.15, -0.1) is 0 Å². The molecule has 17 heavy (non-hydrogen) atoms. The molecule has 1 aliphatic rings. The highest BCUT2D eigenvalue weighted by Gasteiger charge is 2.11. The van der Waals surface area contributed by atoms with E-state index in [2.05, 4.69) is 60.7 Å². The average molecular weight is 230 g/mol. The summed E-state index contributed by atoms with van der Waals surface area (Å²) in [5.74, 6) is 0.840. The van der Waals surface area contributed by atoms with E-state index in [-0.39, 0.29) is 0 Å². The Labute approximate surface area is 104 Å². The van der Waals surface area contributed by atoms with Gasteiger partial charge < -0.3 is 10.2 Å². The van der Waals surface area contributed by atoms with Gasteiger partial charge in [-0.3, -0.25) is 0 Å². The van der Waals surface area contributed by atoms with E-state index in [1.165, 1.54) is 37.2 Å². The molecule has 1 aromatic rings. The molecule has 1 aromatic carbocycles. The zero-order valence-corrected chi connectivity index (χ0v) is 10.8. The number of hydrogen-bond donors (Lipinski definition) is 1. The van der Waals surface area contributed by atoms with Crippen LogP contribution >= 0.6 is 0 Å². The normalized spacial score (nSPS) is 20.0. The van der Waals surface area contributed by atoms with Crippen LogP contribution in [0.3, 0.4) is 0 Å². The average Bonchev–Trinajstić information content (AvgIpc) is 2.83. The Kier molecular flexibility index (Phi) is 4.21. The molecule has 0 saturated carbocycles. The van der Waals surface area contributed by atoms with Crippen molar-refractivity contribution in [3.05, 3.63) is 35.9 Å². The van der Waals surface area contributed by atoms with Crippen LogP contribution in [0.5, 0.6) is 0 Å². The molecule has 0 bridgehead atoms.